The summed E-state index contributed by atoms with van der Waals surface area (Å²) in [4.78, 5) is 6.87. The molecule has 1 aliphatic rings. The third-order valence-electron chi connectivity index (χ3n) is 3.71. The van der Waals surface area contributed by atoms with E-state index in [1.54, 1.807) is 11.3 Å². The Bertz CT molecular complexity index is 549. The fourth-order valence-corrected chi connectivity index (χ4v) is 3.70. The Morgan fingerprint density at radius 3 is 3.11 bits per heavy atom. The van der Waals surface area contributed by atoms with Gasteiger partial charge in [-0.05, 0) is 43.0 Å². The van der Waals surface area contributed by atoms with Gasteiger partial charge in [0.05, 0.1) is 6.10 Å². The van der Waals surface area contributed by atoms with Crippen molar-refractivity contribution in [2.24, 2.45) is 0 Å². The van der Waals surface area contributed by atoms with Crippen molar-refractivity contribution in [3.05, 3.63) is 51.5 Å². The van der Waals surface area contributed by atoms with Crippen molar-refractivity contribution in [2.45, 2.75) is 38.2 Å². The third kappa shape index (κ3) is 1.98. The first-order valence-corrected chi connectivity index (χ1v) is 7.31. The zero-order valence-electron chi connectivity index (χ0n) is 10.5. The Balaban J connectivity index is 1.88. The van der Waals surface area contributed by atoms with Crippen LogP contribution in [-0.2, 0) is 12.8 Å². The van der Waals surface area contributed by atoms with Crippen molar-refractivity contribution in [3.8, 4) is 0 Å². The van der Waals surface area contributed by atoms with Crippen LogP contribution in [0.5, 0.6) is 0 Å². The molecular weight excluding hydrogens is 242 g/mol. The SMILES string of the molecule is CCc1ccc(C(O)C2CCc3cccnc32)s1. The van der Waals surface area contributed by atoms with Crippen molar-refractivity contribution in [2.75, 3.05) is 0 Å². The highest BCUT2D eigenvalue weighted by Gasteiger charge is 2.31. The van der Waals surface area contributed by atoms with E-state index in [2.05, 4.69) is 30.1 Å². The average Bonchev–Trinajstić information content (AvgIpc) is 3.04. The monoisotopic (exact) mass is 259 g/mol. The summed E-state index contributed by atoms with van der Waals surface area (Å²) in [5.41, 5.74) is 2.39. The topological polar surface area (TPSA) is 33.1 Å². The number of nitrogens with zero attached hydrogens (tertiary/aromatic N) is 1. The minimum atomic E-state index is -0.397. The molecule has 2 aromatic rings. The lowest BCUT2D eigenvalue weighted by molar-refractivity contribution is 0.147. The van der Waals surface area contributed by atoms with E-state index in [1.165, 1.54) is 10.4 Å². The summed E-state index contributed by atoms with van der Waals surface area (Å²) in [5.74, 6) is 0.171. The highest BCUT2D eigenvalue weighted by atomic mass is 32.1. The van der Waals surface area contributed by atoms with Crippen LogP contribution in [0.2, 0.25) is 0 Å². The van der Waals surface area contributed by atoms with Crippen molar-refractivity contribution in [1.82, 2.24) is 4.98 Å². The number of aliphatic hydroxyl groups excluding tert-OH is 1. The fourth-order valence-electron chi connectivity index (χ4n) is 2.69. The molecule has 0 bridgehead atoms. The molecule has 3 rings (SSSR count). The normalized spacial score (nSPS) is 19.8. The summed E-state index contributed by atoms with van der Waals surface area (Å²) >= 11 is 1.72. The van der Waals surface area contributed by atoms with Gasteiger partial charge in [0, 0.05) is 27.6 Å². The van der Waals surface area contributed by atoms with Crippen LogP contribution in [0, 0.1) is 0 Å². The Hall–Kier alpha value is -1.19. The Labute approximate surface area is 111 Å². The van der Waals surface area contributed by atoms with Gasteiger partial charge in [-0.1, -0.05) is 13.0 Å². The molecule has 0 aliphatic heterocycles. The van der Waals surface area contributed by atoms with Crippen LogP contribution in [0.1, 0.15) is 46.4 Å². The van der Waals surface area contributed by atoms with Gasteiger partial charge in [-0.2, -0.15) is 0 Å². The Morgan fingerprint density at radius 1 is 1.44 bits per heavy atom. The number of fused-ring (bicyclic) bond motifs is 1. The van der Waals surface area contributed by atoms with Crippen LogP contribution in [0.3, 0.4) is 0 Å². The maximum Gasteiger partial charge on any atom is 0.0965 e. The first-order chi connectivity index (χ1) is 8.79. The minimum absolute atomic E-state index is 0.171. The van der Waals surface area contributed by atoms with Crippen LogP contribution in [-0.4, -0.2) is 10.1 Å². The van der Waals surface area contributed by atoms with Gasteiger partial charge in [-0.25, -0.2) is 0 Å². The lowest BCUT2D eigenvalue weighted by atomic mass is 9.98. The number of pyridine rings is 1. The lowest BCUT2D eigenvalue weighted by Gasteiger charge is -2.16. The molecule has 0 fully saturated rings. The first kappa shape index (κ1) is 11.9. The number of aryl methyl sites for hydroxylation is 2. The van der Waals surface area contributed by atoms with E-state index in [4.69, 9.17) is 0 Å². The molecule has 2 aromatic heterocycles. The summed E-state index contributed by atoms with van der Waals surface area (Å²) in [6.45, 7) is 2.15. The molecule has 0 spiro atoms. The second-order valence-corrected chi connectivity index (χ2v) is 6.00. The van der Waals surface area contributed by atoms with E-state index in [-0.39, 0.29) is 5.92 Å². The summed E-state index contributed by atoms with van der Waals surface area (Å²) < 4.78 is 0. The van der Waals surface area contributed by atoms with Gasteiger partial charge in [-0.3, -0.25) is 4.98 Å². The second kappa shape index (κ2) is 4.82. The summed E-state index contributed by atoms with van der Waals surface area (Å²) in [6, 6.07) is 8.29. The maximum atomic E-state index is 10.5. The minimum Gasteiger partial charge on any atom is -0.387 e. The van der Waals surface area contributed by atoms with E-state index in [0.29, 0.717) is 0 Å². The average molecular weight is 259 g/mol. The number of hydrogen-bond donors (Lipinski definition) is 1. The van der Waals surface area contributed by atoms with Crippen LogP contribution in [0.4, 0.5) is 0 Å². The van der Waals surface area contributed by atoms with Crippen LogP contribution >= 0.6 is 11.3 Å². The molecule has 0 aromatic carbocycles. The second-order valence-electron chi connectivity index (χ2n) is 4.80. The van der Waals surface area contributed by atoms with E-state index < -0.39 is 6.10 Å². The zero-order chi connectivity index (χ0) is 12.5. The summed E-state index contributed by atoms with van der Waals surface area (Å²) in [7, 11) is 0. The van der Waals surface area contributed by atoms with Gasteiger partial charge in [-0.15, -0.1) is 11.3 Å². The largest absolute Gasteiger partial charge is 0.387 e. The zero-order valence-corrected chi connectivity index (χ0v) is 11.3. The van der Waals surface area contributed by atoms with Crippen molar-refractivity contribution in [3.63, 3.8) is 0 Å². The van der Waals surface area contributed by atoms with Crippen molar-refractivity contribution < 1.29 is 5.11 Å². The fraction of sp³-hybridized carbons (Fsp3) is 0.400. The number of hydrogen-bond acceptors (Lipinski definition) is 3. The lowest BCUT2D eigenvalue weighted by Crippen LogP contribution is -2.07. The predicted molar refractivity (Wildman–Crippen MR) is 74.0 cm³/mol. The Kier molecular flexibility index (Phi) is 3.18. The molecule has 2 heterocycles. The van der Waals surface area contributed by atoms with Gasteiger partial charge in [0.1, 0.15) is 0 Å². The molecule has 3 heteroatoms. The predicted octanol–water partition coefficient (Wildman–Crippen LogP) is 3.47. The van der Waals surface area contributed by atoms with Gasteiger partial charge in [0.2, 0.25) is 0 Å². The van der Waals surface area contributed by atoms with Crippen molar-refractivity contribution >= 4 is 11.3 Å². The van der Waals surface area contributed by atoms with E-state index in [0.717, 1.165) is 29.8 Å². The first-order valence-electron chi connectivity index (χ1n) is 6.50. The van der Waals surface area contributed by atoms with Crippen molar-refractivity contribution in [1.29, 1.82) is 0 Å². The molecule has 18 heavy (non-hydrogen) atoms. The Morgan fingerprint density at radius 2 is 2.33 bits per heavy atom. The summed E-state index contributed by atoms with van der Waals surface area (Å²) in [5, 5.41) is 10.5. The number of thiophene rings is 1. The van der Waals surface area contributed by atoms with E-state index in [1.807, 2.05) is 12.3 Å². The van der Waals surface area contributed by atoms with E-state index in [9.17, 15) is 5.11 Å². The van der Waals surface area contributed by atoms with Crippen LogP contribution in [0.25, 0.3) is 0 Å². The molecule has 0 radical (unpaired) electrons. The number of aromatic nitrogens is 1. The molecule has 0 amide bonds. The standard InChI is InChI=1S/C15H17NOS/c1-2-11-6-8-13(18-11)15(17)12-7-5-10-4-3-9-16-14(10)12/h3-4,6,8-9,12,15,17H,2,5,7H2,1H3. The van der Waals surface area contributed by atoms with Gasteiger partial charge >= 0.3 is 0 Å². The van der Waals surface area contributed by atoms with Gasteiger partial charge in [0.15, 0.2) is 0 Å². The molecular formula is C15H17NOS. The molecule has 2 nitrogen and oxygen atoms in total. The molecule has 1 N–H and O–H groups in total. The number of aliphatic hydroxyl groups is 1. The quantitative estimate of drug-likeness (QED) is 0.915. The molecule has 2 atom stereocenters. The molecule has 1 aliphatic carbocycles. The third-order valence-corrected chi connectivity index (χ3v) is 5.01. The molecule has 94 valence electrons. The number of rotatable bonds is 3. The maximum absolute atomic E-state index is 10.5. The molecule has 2 unspecified atom stereocenters. The van der Waals surface area contributed by atoms with Crippen LogP contribution in [0.15, 0.2) is 30.5 Å². The van der Waals surface area contributed by atoms with Gasteiger partial charge in [0.25, 0.3) is 0 Å². The van der Waals surface area contributed by atoms with Crippen LogP contribution < -0.4 is 0 Å². The highest BCUT2D eigenvalue weighted by Crippen LogP contribution is 2.42. The highest BCUT2D eigenvalue weighted by molar-refractivity contribution is 7.12. The molecule has 0 saturated heterocycles. The smallest absolute Gasteiger partial charge is 0.0965 e. The summed E-state index contributed by atoms with van der Waals surface area (Å²) in [6.07, 6.45) is 4.52. The van der Waals surface area contributed by atoms with E-state index >= 15 is 0 Å². The van der Waals surface area contributed by atoms with Gasteiger partial charge < -0.3 is 5.11 Å². The molecule has 0 saturated carbocycles.